The van der Waals surface area contributed by atoms with Crippen LogP contribution in [-0.4, -0.2) is 16.8 Å². The molecule has 70 valence electrons. The number of carbonyl (C=O) groups excluding carboxylic acids is 1. The van der Waals surface area contributed by atoms with Crippen LogP contribution in [0.1, 0.15) is 15.9 Å². The lowest BCUT2D eigenvalue weighted by Gasteiger charge is -2.04. The first-order chi connectivity index (χ1) is 6.13. The Morgan fingerprint density at radius 3 is 2.69 bits per heavy atom. The number of benzene rings is 1. The summed E-state index contributed by atoms with van der Waals surface area (Å²) in [5, 5.41) is 0. The SMILES string of the molecule is Cc1ccc(OS(C)=O)c(C=O)c1. The monoisotopic (exact) mass is 198 g/mol. The highest BCUT2D eigenvalue weighted by Crippen LogP contribution is 2.18. The molecule has 0 spiro atoms. The van der Waals surface area contributed by atoms with Gasteiger partial charge in [-0.1, -0.05) is 11.6 Å². The third kappa shape index (κ3) is 2.66. The Balaban J connectivity index is 3.05. The molecule has 0 N–H and O–H groups in total. The van der Waals surface area contributed by atoms with Crippen molar-refractivity contribution in [3.63, 3.8) is 0 Å². The molecule has 0 saturated heterocycles. The van der Waals surface area contributed by atoms with Gasteiger partial charge in [0.15, 0.2) is 12.0 Å². The minimum Gasteiger partial charge on any atom is -0.400 e. The van der Waals surface area contributed by atoms with Crippen LogP contribution in [0.5, 0.6) is 5.75 Å². The largest absolute Gasteiger partial charge is 0.400 e. The summed E-state index contributed by atoms with van der Waals surface area (Å²) in [6, 6.07) is 5.13. The molecule has 0 heterocycles. The Labute approximate surface area is 79.4 Å². The van der Waals surface area contributed by atoms with Gasteiger partial charge < -0.3 is 4.18 Å². The van der Waals surface area contributed by atoms with Crippen molar-refractivity contribution in [3.05, 3.63) is 29.3 Å². The fourth-order valence-electron chi connectivity index (χ4n) is 0.962. The minimum atomic E-state index is -1.39. The Morgan fingerprint density at radius 2 is 2.15 bits per heavy atom. The molecule has 0 fully saturated rings. The van der Waals surface area contributed by atoms with Crippen molar-refractivity contribution in [1.29, 1.82) is 0 Å². The second kappa shape index (κ2) is 4.18. The van der Waals surface area contributed by atoms with Crippen LogP contribution in [0.25, 0.3) is 0 Å². The third-order valence-corrected chi connectivity index (χ3v) is 1.91. The first-order valence-electron chi connectivity index (χ1n) is 3.71. The quantitative estimate of drug-likeness (QED) is 0.691. The number of aldehydes is 1. The van der Waals surface area contributed by atoms with Crippen molar-refractivity contribution in [1.82, 2.24) is 0 Å². The Hall–Kier alpha value is -1.16. The molecule has 0 amide bonds. The molecule has 1 aromatic rings. The van der Waals surface area contributed by atoms with Crippen LogP contribution >= 0.6 is 0 Å². The van der Waals surface area contributed by atoms with Gasteiger partial charge in [0.2, 0.25) is 11.1 Å². The van der Waals surface area contributed by atoms with Gasteiger partial charge in [-0.05, 0) is 19.1 Å². The van der Waals surface area contributed by atoms with E-state index < -0.39 is 11.1 Å². The standard InChI is InChI=1S/C9H10O3S/c1-7-3-4-9(12-13(2)11)8(5-7)6-10/h3-6H,1-2H3. The first kappa shape index (κ1) is 9.92. The molecule has 0 aliphatic rings. The maximum atomic E-state index is 10.7. The lowest BCUT2D eigenvalue weighted by Crippen LogP contribution is -1.99. The maximum Gasteiger partial charge on any atom is 0.203 e. The summed E-state index contributed by atoms with van der Waals surface area (Å²) in [6.45, 7) is 1.87. The fraction of sp³-hybridized carbons (Fsp3) is 0.222. The normalized spacial score (nSPS) is 12.2. The van der Waals surface area contributed by atoms with Crippen LogP contribution in [0.15, 0.2) is 18.2 Å². The third-order valence-electron chi connectivity index (χ3n) is 1.50. The average Bonchev–Trinajstić information content (AvgIpc) is 2.07. The highest BCUT2D eigenvalue weighted by atomic mass is 32.2. The summed E-state index contributed by atoms with van der Waals surface area (Å²) in [4.78, 5) is 10.6. The molecule has 1 unspecified atom stereocenters. The van der Waals surface area contributed by atoms with Crippen LogP contribution in [0, 0.1) is 6.92 Å². The highest BCUT2D eigenvalue weighted by molar-refractivity contribution is 7.79. The molecule has 0 aliphatic heterocycles. The summed E-state index contributed by atoms with van der Waals surface area (Å²) in [5.74, 6) is 0.362. The zero-order valence-corrected chi connectivity index (χ0v) is 8.26. The topological polar surface area (TPSA) is 43.4 Å². The number of aryl methyl sites for hydroxylation is 1. The zero-order chi connectivity index (χ0) is 9.84. The molecule has 0 radical (unpaired) electrons. The van der Waals surface area contributed by atoms with Crippen LogP contribution in [-0.2, 0) is 11.1 Å². The van der Waals surface area contributed by atoms with Gasteiger partial charge in [0, 0.05) is 6.26 Å². The molecule has 0 bridgehead atoms. The average molecular weight is 198 g/mol. The molecular formula is C9H10O3S. The molecule has 0 aliphatic carbocycles. The predicted octanol–water partition coefficient (Wildman–Crippen LogP) is 1.48. The van der Waals surface area contributed by atoms with E-state index in [0.717, 1.165) is 5.56 Å². The molecule has 4 heteroatoms. The highest BCUT2D eigenvalue weighted by Gasteiger charge is 2.04. The van der Waals surface area contributed by atoms with E-state index in [0.29, 0.717) is 17.6 Å². The molecule has 1 rings (SSSR count). The van der Waals surface area contributed by atoms with Gasteiger partial charge >= 0.3 is 0 Å². The van der Waals surface area contributed by atoms with Crippen LogP contribution in [0.4, 0.5) is 0 Å². The van der Waals surface area contributed by atoms with Crippen molar-refractivity contribution in [2.75, 3.05) is 6.26 Å². The maximum absolute atomic E-state index is 10.7. The molecule has 0 aromatic heterocycles. The molecule has 1 aromatic carbocycles. The Morgan fingerprint density at radius 1 is 1.46 bits per heavy atom. The van der Waals surface area contributed by atoms with Gasteiger partial charge in [0.1, 0.15) is 0 Å². The van der Waals surface area contributed by atoms with E-state index >= 15 is 0 Å². The Kier molecular flexibility index (Phi) is 3.19. The molecule has 13 heavy (non-hydrogen) atoms. The lowest BCUT2D eigenvalue weighted by atomic mass is 10.1. The molecule has 1 atom stereocenters. The fourth-order valence-corrected chi connectivity index (χ4v) is 1.37. The van der Waals surface area contributed by atoms with E-state index in [1.54, 1.807) is 18.2 Å². The number of hydrogen-bond donors (Lipinski definition) is 0. The van der Waals surface area contributed by atoms with Crippen molar-refractivity contribution in [2.45, 2.75) is 6.92 Å². The molecular weight excluding hydrogens is 188 g/mol. The number of carbonyl (C=O) groups is 1. The van der Waals surface area contributed by atoms with E-state index in [1.165, 1.54) is 6.26 Å². The van der Waals surface area contributed by atoms with Crippen molar-refractivity contribution >= 4 is 17.4 Å². The summed E-state index contributed by atoms with van der Waals surface area (Å²) < 4.78 is 15.7. The van der Waals surface area contributed by atoms with Gasteiger partial charge in [-0.25, -0.2) is 4.21 Å². The minimum absolute atomic E-state index is 0.362. The summed E-state index contributed by atoms with van der Waals surface area (Å²) >= 11 is -1.39. The van der Waals surface area contributed by atoms with E-state index in [1.807, 2.05) is 6.92 Å². The summed E-state index contributed by atoms with van der Waals surface area (Å²) in [6.07, 6.45) is 2.10. The van der Waals surface area contributed by atoms with E-state index in [4.69, 9.17) is 4.18 Å². The Bertz CT molecular complexity index is 347. The van der Waals surface area contributed by atoms with Crippen molar-refractivity contribution in [2.24, 2.45) is 0 Å². The smallest absolute Gasteiger partial charge is 0.203 e. The van der Waals surface area contributed by atoms with Gasteiger partial charge in [-0.2, -0.15) is 0 Å². The van der Waals surface area contributed by atoms with E-state index in [2.05, 4.69) is 0 Å². The van der Waals surface area contributed by atoms with Gasteiger partial charge in [-0.3, -0.25) is 4.79 Å². The lowest BCUT2D eigenvalue weighted by molar-refractivity contribution is 0.112. The molecule has 3 nitrogen and oxygen atoms in total. The van der Waals surface area contributed by atoms with Crippen molar-refractivity contribution in [3.8, 4) is 5.75 Å². The van der Waals surface area contributed by atoms with E-state index in [9.17, 15) is 9.00 Å². The van der Waals surface area contributed by atoms with Crippen LogP contribution in [0.3, 0.4) is 0 Å². The number of rotatable bonds is 3. The van der Waals surface area contributed by atoms with Gasteiger partial charge in [-0.15, -0.1) is 0 Å². The van der Waals surface area contributed by atoms with E-state index in [-0.39, 0.29) is 0 Å². The summed E-state index contributed by atoms with van der Waals surface area (Å²) in [5.41, 5.74) is 1.39. The van der Waals surface area contributed by atoms with Crippen LogP contribution in [0.2, 0.25) is 0 Å². The zero-order valence-electron chi connectivity index (χ0n) is 7.44. The second-order valence-electron chi connectivity index (χ2n) is 2.64. The first-order valence-corrected chi connectivity index (χ1v) is 5.19. The molecule has 0 saturated carbocycles. The van der Waals surface area contributed by atoms with Crippen molar-refractivity contribution < 1.29 is 13.2 Å². The second-order valence-corrected chi connectivity index (χ2v) is 3.61. The van der Waals surface area contributed by atoms with Gasteiger partial charge in [0.05, 0.1) is 5.56 Å². The predicted molar refractivity (Wildman–Crippen MR) is 51.3 cm³/mol. The number of hydrogen-bond acceptors (Lipinski definition) is 3. The van der Waals surface area contributed by atoms with Crippen LogP contribution < -0.4 is 4.18 Å². The van der Waals surface area contributed by atoms with Gasteiger partial charge in [0.25, 0.3) is 0 Å². The summed E-state index contributed by atoms with van der Waals surface area (Å²) in [7, 11) is 0.